The summed E-state index contributed by atoms with van der Waals surface area (Å²) in [7, 11) is 0. The fraction of sp³-hybridized carbons (Fsp3) is 0. The summed E-state index contributed by atoms with van der Waals surface area (Å²) in [6, 6.07) is 3.85. The first-order valence-electron chi connectivity index (χ1n) is 5.18. The van der Waals surface area contributed by atoms with Crippen LogP contribution in [0.5, 0.6) is 0 Å². The molecule has 104 valence electrons. The maximum absolute atomic E-state index is 13.9. The molecule has 21 heavy (non-hydrogen) atoms. The molecule has 0 bridgehead atoms. The first-order chi connectivity index (χ1) is 9.34. The van der Waals surface area contributed by atoms with Gasteiger partial charge >= 0.3 is 51.4 Å². The van der Waals surface area contributed by atoms with Crippen LogP contribution in [0.2, 0.25) is 5.02 Å². The van der Waals surface area contributed by atoms with E-state index < -0.39 is 34.8 Å². The normalized spacial score (nSPS) is 10.0. The van der Waals surface area contributed by atoms with E-state index in [0.717, 1.165) is 0 Å². The van der Waals surface area contributed by atoms with Crippen molar-refractivity contribution in [3.63, 3.8) is 0 Å². The topological polar surface area (TPSA) is 127 Å². The number of rotatable bonds is 3. The van der Waals surface area contributed by atoms with E-state index in [0.29, 0.717) is 4.68 Å². The molecule has 0 atom stereocenters. The molecule has 0 saturated carbocycles. The molecule has 1 heterocycles. The van der Waals surface area contributed by atoms with Crippen molar-refractivity contribution in [2.24, 2.45) is 5.73 Å². The molecule has 1 aromatic carbocycles. The molecular weight excluding hydrogens is 330 g/mol. The Morgan fingerprint density at radius 1 is 1.38 bits per heavy atom. The van der Waals surface area contributed by atoms with Gasteiger partial charge in [-0.15, -0.1) is 0 Å². The molecule has 2 aromatic rings. The molecule has 0 saturated heterocycles. The van der Waals surface area contributed by atoms with Gasteiger partial charge in [-0.25, -0.2) is 9.07 Å². The van der Waals surface area contributed by atoms with E-state index >= 15 is 0 Å². The average molecular weight is 337 g/mol. The summed E-state index contributed by atoms with van der Waals surface area (Å²) in [5.74, 6) is -3.71. The van der Waals surface area contributed by atoms with E-state index in [1.165, 1.54) is 18.2 Å². The van der Waals surface area contributed by atoms with Crippen LogP contribution < -0.4 is 68.0 Å². The summed E-state index contributed by atoms with van der Waals surface area (Å²) in [5, 5.41) is 14.4. The van der Waals surface area contributed by atoms with Crippen LogP contribution in [0.3, 0.4) is 0 Å². The Morgan fingerprint density at radius 3 is 2.52 bits per heavy atom. The monoisotopic (exact) mass is 336 g/mol. The van der Waals surface area contributed by atoms with E-state index in [-0.39, 0.29) is 62.1 Å². The fourth-order valence-electron chi connectivity index (χ4n) is 1.64. The number of primary amides is 1. The van der Waals surface area contributed by atoms with Crippen molar-refractivity contribution < 1.29 is 70.5 Å². The zero-order valence-electron chi connectivity index (χ0n) is 10.8. The maximum atomic E-state index is 13.9. The number of aromatic nitrogens is 2. The Kier molecular flexibility index (Phi) is 5.90. The third-order valence-corrected chi connectivity index (χ3v) is 2.80. The summed E-state index contributed by atoms with van der Waals surface area (Å²) in [5.41, 5.74) is 8.51. The number of amides is 1. The number of carboxylic acids is 1. The Balaban J connectivity index is 0.00000220. The van der Waals surface area contributed by atoms with Crippen LogP contribution >= 0.6 is 11.6 Å². The number of carbonyl (C=O) groups excluding carboxylic acids is 2. The molecule has 1 aromatic heterocycles. The third-order valence-electron chi connectivity index (χ3n) is 2.51. The van der Waals surface area contributed by atoms with Gasteiger partial charge in [0.05, 0.1) is 16.7 Å². The smallest absolute Gasteiger partial charge is 0.543 e. The van der Waals surface area contributed by atoms with Crippen LogP contribution in [0.25, 0.3) is 5.69 Å². The van der Waals surface area contributed by atoms with Crippen molar-refractivity contribution in [2.75, 3.05) is 5.73 Å². The Morgan fingerprint density at radius 2 is 2.00 bits per heavy atom. The molecule has 0 fully saturated rings. The van der Waals surface area contributed by atoms with Gasteiger partial charge in [-0.3, -0.25) is 4.79 Å². The summed E-state index contributed by atoms with van der Waals surface area (Å²) in [6.07, 6.45) is 0. The number of hydrogen-bond acceptors (Lipinski definition) is 5. The van der Waals surface area contributed by atoms with E-state index in [1.54, 1.807) is 0 Å². The molecule has 0 spiro atoms. The van der Waals surface area contributed by atoms with Gasteiger partial charge < -0.3 is 21.4 Å². The van der Waals surface area contributed by atoms with Crippen molar-refractivity contribution in [1.29, 1.82) is 0 Å². The minimum absolute atomic E-state index is 0. The second-order valence-electron chi connectivity index (χ2n) is 3.75. The van der Waals surface area contributed by atoms with Crippen LogP contribution in [0.15, 0.2) is 18.2 Å². The van der Waals surface area contributed by atoms with E-state index in [1.807, 2.05) is 0 Å². The van der Waals surface area contributed by atoms with E-state index in [2.05, 4.69) is 5.10 Å². The molecule has 0 aliphatic heterocycles. The molecule has 4 N–H and O–H groups in total. The van der Waals surface area contributed by atoms with Crippen LogP contribution in [0.1, 0.15) is 21.0 Å². The molecule has 7 nitrogen and oxygen atoms in total. The van der Waals surface area contributed by atoms with Gasteiger partial charge in [0, 0.05) is 0 Å². The fourth-order valence-corrected chi connectivity index (χ4v) is 1.81. The number of nitrogens with two attached hydrogens (primary N) is 2. The predicted octanol–water partition coefficient (Wildman–Crippen LogP) is -3.29. The number of carboxylic acid groups (broad SMARTS) is 1. The molecule has 2 rings (SSSR count). The van der Waals surface area contributed by atoms with Crippen LogP contribution in [-0.2, 0) is 0 Å². The van der Waals surface area contributed by atoms with Gasteiger partial charge in [0.25, 0.3) is 5.91 Å². The third kappa shape index (κ3) is 3.28. The maximum Gasteiger partial charge on any atom is 1.00 e. The molecule has 0 unspecified atom stereocenters. The van der Waals surface area contributed by atoms with Crippen molar-refractivity contribution >= 4 is 29.2 Å². The van der Waals surface area contributed by atoms with Gasteiger partial charge in [0.15, 0.2) is 11.5 Å². The molecule has 1 amide bonds. The average Bonchev–Trinajstić information content (AvgIpc) is 2.70. The number of carbonyl (C=O) groups is 2. The second-order valence-corrected chi connectivity index (χ2v) is 4.15. The first-order valence-corrected chi connectivity index (χ1v) is 5.56. The summed E-state index contributed by atoms with van der Waals surface area (Å²) in [6.45, 7) is 0. The van der Waals surface area contributed by atoms with Crippen LogP contribution in [0.4, 0.5) is 10.1 Å². The van der Waals surface area contributed by atoms with Gasteiger partial charge in [-0.2, -0.15) is 5.10 Å². The molecule has 0 aliphatic carbocycles. The molecular formula is C11H7ClFKN4O3. The SMILES string of the molecule is NC(=O)c1nn(-c2cccc(Cl)c2F)c(C(=O)[O-])c1N.[K+]. The molecule has 0 aliphatic rings. The van der Waals surface area contributed by atoms with Crippen LogP contribution in [-0.4, -0.2) is 21.7 Å². The van der Waals surface area contributed by atoms with Gasteiger partial charge in [0.2, 0.25) is 0 Å². The Hall–Kier alpha value is -0.974. The standard InChI is InChI=1S/C11H8ClFN4O3.K/c12-4-2-1-3-5(6(4)13)17-9(11(19)20)7(14)8(16-17)10(15)18;/h1-3H,14H2,(H2,15,18)(H,19,20);/q;+1/p-1. The van der Waals surface area contributed by atoms with Crippen molar-refractivity contribution in [1.82, 2.24) is 9.78 Å². The molecule has 10 heteroatoms. The number of benzene rings is 1. The first kappa shape index (κ1) is 18.1. The number of hydrogen-bond donors (Lipinski definition) is 2. The Labute approximate surface area is 165 Å². The minimum atomic E-state index is -1.73. The molecule has 0 radical (unpaired) electrons. The van der Waals surface area contributed by atoms with E-state index in [9.17, 15) is 19.1 Å². The van der Waals surface area contributed by atoms with Gasteiger partial charge in [-0.1, -0.05) is 17.7 Å². The predicted molar refractivity (Wildman–Crippen MR) is 65.8 cm³/mol. The second kappa shape index (κ2) is 6.86. The number of nitrogens with zero attached hydrogens (tertiary/aromatic N) is 2. The van der Waals surface area contributed by atoms with Crippen molar-refractivity contribution in [3.05, 3.63) is 40.4 Å². The summed E-state index contributed by atoms with van der Waals surface area (Å²) >= 11 is 5.60. The minimum Gasteiger partial charge on any atom is -0.543 e. The summed E-state index contributed by atoms with van der Waals surface area (Å²) in [4.78, 5) is 22.2. The summed E-state index contributed by atoms with van der Waals surface area (Å²) < 4.78 is 14.5. The van der Waals surface area contributed by atoms with Crippen molar-refractivity contribution in [3.8, 4) is 5.69 Å². The number of anilines is 1. The van der Waals surface area contributed by atoms with Gasteiger partial charge in [0.1, 0.15) is 11.4 Å². The van der Waals surface area contributed by atoms with E-state index in [4.69, 9.17) is 23.1 Å². The zero-order valence-corrected chi connectivity index (χ0v) is 14.6. The number of nitrogen functional groups attached to an aromatic ring is 1. The quantitative estimate of drug-likeness (QED) is 0.568. The number of halogens is 2. The number of aromatic carboxylic acids is 1. The van der Waals surface area contributed by atoms with Crippen molar-refractivity contribution in [2.45, 2.75) is 0 Å². The largest absolute Gasteiger partial charge is 1.00 e. The Bertz CT molecular complexity index is 734. The van der Waals surface area contributed by atoms with Gasteiger partial charge in [-0.05, 0) is 12.1 Å². The van der Waals surface area contributed by atoms with Crippen LogP contribution in [0, 0.1) is 5.82 Å². The zero-order chi connectivity index (χ0) is 15.0.